The first kappa shape index (κ1) is 27.1. The lowest BCUT2D eigenvalue weighted by atomic mass is 10.0. The molecule has 4 rings (SSSR count). The molecule has 0 aromatic heterocycles. The Kier molecular flexibility index (Phi) is 7.64. The summed E-state index contributed by atoms with van der Waals surface area (Å²) in [5, 5.41) is 0.671. The van der Waals surface area contributed by atoms with Crippen molar-refractivity contribution in [1.82, 2.24) is 0 Å². The molecule has 12 heteroatoms. The largest absolute Gasteiger partial charge is 0.486 e. The maximum absolute atomic E-state index is 13.7. The van der Waals surface area contributed by atoms with E-state index in [0.717, 1.165) is 22.5 Å². The van der Waals surface area contributed by atoms with Crippen molar-refractivity contribution in [3.05, 3.63) is 76.3 Å². The van der Waals surface area contributed by atoms with Gasteiger partial charge < -0.3 is 9.47 Å². The highest BCUT2D eigenvalue weighted by molar-refractivity contribution is 7.92. The number of hydrogen-bond acceptors (Lipinski definition) is 5. The molecule has 0 saturated heterocycles. The number of hydrogen-bond donors (Lipinski definition) is 0. The van der Waals surface area contributed by atoms with E-state index in [0.29, 0.717) is 22.2 Å². The lowest BCUT2D eigenvalue weighted by Gasteiger charge is -2.36. The molecular weight excluding hydrogens is 554 g/mol. The van der Waals surface area contributed by atoms with Crippen LogP contribution in [0.15, 0.2) is 65.6 Å². The Morgan fingerprint density at radius 3 is 2.51 bits per heavy atom. The summed E-state index contributed by atoms with van der Waals surface area (Å²) in [6, 6.07) is 13.2. The predicted molar refractivity (Wildman–Crippen MR) is 134 cm³/mol. The van der Waals surface area contributed by atoms with Gasteiger partial charge >= 0.3 is 12.1 Å². The van der Waals surface area contributed by atoms with Crippen LogP contribution in [-0.2, 0) is 25.7 Å². The lowest BCUT2D eigenvalue weighted by Crippen LogP contribution is -2.43. The normalized spacial score (nSPS) is 15.6. The van der Waals surface area contributed by atoms with Crippen LogP contribution in [0.3, 0.4) is 0 Å². The Morgan fingerprint density at radius 1 is 1.11 bits per heavy atom. The van der Waals surface area contributed by atoms with Crippen LogP contribution in [-0.4, -0.2) is 34.1 Å². The minimum atomic E-state index is -4.73. The molecule has 1 aliphatic heterocycles. The van der Waals surface area contributed by atoms with E-state index >= 15 is 0 Å². The molecule has 0 radical (unpaired) electrons. The van der Waals surface area contributed by atoms with Gasteiger partial charge in [0.15, 0.2) is 0 Å². The van der Waals surface area contributed by atoms with Crippen molar-refractivity contribution in [2.24, 2.45) is 0 Å². The zero-order valence-electron chi connectivity index (χ0n) is 19.3. The monoisotopic (exact) mass is 573 g/mol. The second kappa shape index (κ2) is 10.4. The Morgan fingerprint density at radius 2 is 1.84 bits per heavy atom. The van der Waals surface area contributed by atoms with Gasteiger partial charge in [-0.25, -0.2) is 8.42 Å². The van der Waals surface area contributed by atoms with E-state index in [4.69, 9.17) is 27.9 Å². The van der Waals surface area contributed by atoms with E-state index in [9.17, 15) is 26.4 Å². The number of fused-ring (bicyclic) bond motifs is 1. The van der Waals surface area contributed by atoms with Gasteiger partial charge in [-0.3, -0.25) is 9.10 Å². The number of alkyl halides is 3. The Hall–Kier alpha value is -2.95. The average molecular weight is 574 g/mol. The number of carbonyl (C=O) groups excluding carboxylic acids is 1. The summed E-state index contributed by atoms with van der Waals surface area (Å²) >= 11 is 12.6. The van der Waals surface area contributed by atoms with Gasteiger partial charge in [0.25, 0.3) is 10.0 Å². The topological polar surface area (TPSA) is 72.9 Å². The van der Waals surface area contributed by atoms with Crippen molar-refractivity contribution in [3.8, 4) is 16.9 Å². The third kappa shape index (κ3) is 5.81. The number of ether oxygens (including phenoxy) is 2. The fourth-order valence-electron chi connectivity index (χ4n) is 3.93. The first-order valence-electron chi connectivity index (χ1n) is 10.9. The number of sulfonamides is 1. The van der Waals surface area contributed by atoms with Crippen molar-refractivity contribution in [2.75, 3.05) is 18.0 Å². The molecule has 0 unspecified atom stereocenters. The van der Waals surface area contributed by atoms with Gasteiger partial charge in [-0.2, -0.15) is 13.2 Å². The van der Waals surface area contributed by atoms with E-state index in [1.165, 1.54) is 19.2 Å². The summed E-state index contributed by atoms with van der Waals surface area (Å²) < 4.78 is 79.0. The molecule has 0 bridgehead atoms. The van der Waals surface area contributed by atoms with Crippen molar-refractivity contribution in [2.45, 2.75) is 30.0 Å². The SMILES string of the molecule is COC(=O)CC[C@H]1CN(S(=O)(=O)c2cccc(C(F)(F)F)c2)c2cc(-c3cccc(Cl)c3)c(Cl)cc2O1. The van der Waals surface area contributed by atoms with E-state index in [2.05, 4.69) is 4.74 Å². The van der Waals surface area contributed by atoms with Crippen LogP contribution >= 0.6 is 23.2 Å². The molecule has 0 fully saturated rings. The summed E-state index contributed by atoms with van der Waals surface area (Å²) in [6.45, 7) is -0.251. The minimum Gasteiger partial charge on any atom is -0.486 e. The second-order valence-corrected chi connectivity index (χ2v) is 10.9. The van der Waals surface area contributed by atoms with E-state index in [1.807, 2.05) is 0 Å². The van der Waals surface area contributed by atoms with Gasteiger partial charge in [0.1, 0.15) is 11.9 Å². The van der Waals surface area contributed by atoms with Gasteiger partial charge in [-0.15, -0.1) is 0 Å². The number of anilines is 1. The number of methoxy groups -OCH3 is 1. The van der Waals surface area contributed by atoms with E-state index < -0.39 is 38.7 Å². The maximum Gasteiger partial charge on any atom is 0.416 e. The van der Waals surface area contributed by atoms with Gasteiger partial charge in [0.05, 0.1) is 34.8 Å². The molecule has 1 atom stereocenters. The predicted octanol–water partition coefficient (Wildman–Crippen LogP) is 6.59. The summed E-state index contributed by atoms with van der Waals surface area (Å²) in [4.78, 5) is 11.1. The first-order valence-corrected chi connectivity index (χ1v) is 13.1. The van der Waals surface area contributed by atoms with Gasteiger partial charge in [-0.05, 0) is 48.4 Å². The first-order chi connectivity index (χ1) is 17.4. The molecule has 0 amide bonds. The van der Waals surface area contributed by atoms with Gasteiger partial charge in [0, 0.05) is 23.1 Å². The molecule has 0 spiro atoms. The van der Waals surface area contributed by atoms with Crippen LogP contribution in [0.5, 0.6) is 5.75 Å². The quantitative estimate of drug-likeness (QED) is 0.311. The fourth-order valence-corrected chi connectivity index (χ4v) is 5.93. The maximum atomic E-state index is 13.7. The zero-order valence-corrected chi connectivity index (χ0v) is 21.6. The molecule has 6 nitrogen and oxygen atoms in total. The summed E-state index contributed by atoms with van der Waals surface area (Å²) in [5.74, 6) is -0.413. The summed E-state index contributed by atoms with van der Waals surface area (Å²) in [5.41, 5.74) is 0.0411. The number of rotatable bonds is 6. The smallest absolute Gasteiger partial charge is 0.416 e. The average Bonchev–Trinajstić information content (AvgIpc) is 2.85. The van der Waals surface area contributed by atoms with Gasteiger partial charge in [0.2, 0.25) is 0 Å². The Balaban J connectivity index is 1.83. The zero-order chi connectivity index (χ0) is 27.0. The van der Waals surface area contributed by atoms with Crippen LogP contribution in [0.2, 0.25) is 10.0 Å². The number of halogens is 5. The van der Waals surface area contributed by atoms with Crippen LogP contribution in [0.25, 0.3) is 11.1 Å². The molecule has 0 saturated carbocycles. The number of carbonyl (C=O) groups is 1. The van der Waals surface area contributed by atoms with E-state index in [1.54, 1.807) is 24.3 Å². The van der Waals surface area contributed by atoms with Crippen molar-refractivity contribution >= 4 is 44.9 Å². The standard InChI is InChI=1S/C25H20Cl2F3NO5S/c1-35-24(32)9-8-18-14-31(37(33,34)19-7-3-5-16(11-19)25(28,29)30)22-12-20(21(27)13-23(22)36-18)15-4-2-6-17(26)10-15/h2-7,10-13,18H,8-9,14H2,1H3/t18-/m0/s1. The van der Waals surface area contributed by atoms with Crippen molar-refractivity contribution < 1.29 is 35.9 Å². The third-order valence-corrected chi connectivity index (χ3v) is 8.09. The lowest BCUT2D eigenvalue weighted by molar-refractivity contribution is -0.141. The molecular formula is C25H20Cl2F3NO5S. The van der Waals surface area contributed by atoms with Crippen molar-refractivity contribution in [1.29, 1.82) is 0 Å². The molecule has 0 aliphatic carbocycles. The Labute approximate surface area is 221 Å². The van der Waals surface area contributed by atoms with Crippen molar-refractivity contribution in [3.63, 3.8) is 0 Å². The fraction of sp³-hybridized carbons (Fsp3) is 0.240. The highest BCUT2D eigenvalue weighted by Gasteiger charge is 2.37. The molecule has 196 valence electrons. The van der Waals surface area contributed by atoms with Crippen LogP contribution < -0.4 is 9.04 Å². The molecule has 3 aromatic rings. The number of nitrogens with zero attached hydrogens (tertiary/aromatic N) is 1. The van der Waals surface area contributed by atoms with Crippen LogP contribution in [0.4, 0.5) is 18.9 Å². The minimum absolute atomic E-state index is 0.0533. The number of esters is 1. The van der Waals surface area contributed by atoms with E-state index in [-0.39, 0.29) is 35.8 Å². The van der Waals surface area contributed by atoms with Crippen LogP contribution in [0.1, 0.15) is 18.4 Å². The molecule has 1 aliphatic rings. The Bertz CT molecular complexity index is 1450. The summed E-state index contributed by atoms with van der Waals surface area (Å²) in [7, 11) is -3.26. The van der Waals surface area contributed by atoms with Crippen LogP contribution in [0, 0.1) is 0 Å². The molecule has 37 heavy (non-hydrogen) atoms. The molecule has 3 aromatic carbocycles. The molecule has 1 heterocycles. The second-order valence-electron chi connectivity index (χ2n) is 8.23. The number of benzene rings is 3. The van der Waals surface area contributed by atoms with Gasteiger partial charge in [-0.1, -0.05) is 41.4 Å². The molecule has 0 N–H and O–H groups in total. The highest BCUT2D eigenvalue weighted by atomic mass is 35.5. The third-order valence-electron chi connectivity index (χ3n) is 5.76. The highest BCUT2D eigenvalue weighted by Crippen LogP contribution is 2.44. The summed E-state index contributed by atoms with van der Waals surface area (Å²) in [6.07, 6.45) is -5.47.